The van der Waals surface area contributed by atoms with Gasteiger partial charge in [0.05, 0.1) is 26.5 Å². The van der Waals surface area contributed by atoms with Crippen LogP contribution >= 0.6 is 0 Å². The van der Waals surface area contributed by atoms with Crippen LogP contribution in [0.4, 0.5) is 0 Å². The Morgan fingerprint density at radius 2 is 2.21 bits per heavy atom. The van der Waals surface area contributed by atoms with E-state index >= 15 is 0 Å². The number of rotatable bonds is 6. The van der Waals surface area contributed by atoms with Crippen molar-refractivity contribution in [2.75, 3.05) is 33.9 Å². The van der Waals surface area contributed by atoms with E-state index < -0.39 is 6.61 Å². The van der Waals surface area contributed by atoms with Gasteiger partial charge in [-0.3, -0.25) is 9.69 Å². The summed E-state index contributed by atoms with van der Waals surface area (Å²) in [5.41, 5.74) is 4.29. The molecule has 0 aliphatic carbocycles. The predicted octanol–water partition coefficient (Wildman–Crippen LogP) is 3.21. The summed E-state index contributed by atoms with van der Waals surface area (Å²) in [4.78, 5) is 18.7. The lowest BCUT2D eigenvalue weighted by Crippen LogP contribution is -2.47. The normalized spacial score (nSPS) is 24.8. The van der Waals surface area contributed by atoms with Crippen LogP contribution in [0.5, 0.6) is 5.75 Å². The van der Waals surface area contributed by atoms with Crippen molar-refractivity contribution >= 4 is 16.7 Å². The number of carbonyl (C=O) groups is 1. The van der Waals surface area contributed by atoms with E-state index in [1.54, 1.807) is 20.5 Å². The average molecular weight is 399 g/mol. The summed E-state index contributed by atoms with van der Waals surface area (Å²) in [7, 11) is 3.28. The van der Waals surface area contributed by atoms with Crippen LogP contribution in [0, 0.1) is 11.8 Å². The Hall–Kier alpha value is -2.31. The number of aromatic amines is 1. The molecule has 0 amide bonds. The Kier molecular flexibility index (Phi) is 5.65. The number of hydrogen-bond acceptors (Lipinski definition) is 5. The van der Waals surface area contributed by atoms with E-state index in [1.807, 2.05) is 12.1 Å². The predicted molar refractivity (Wildman–Crippen MR) is 112 cm³/mol. The third-order valence-electron chi connectivity index (χ3n) is 6.71. The van der Waals surface area contributed by atoms with Gasteiger partial charge in [0.1, 0.15) is 12.4 Å². The number of aliphatic hydroxyl groups excluding tert-OH is 1. The molecule has 1 fully saturated rings. The summed E-state index contributed by atoms with van der Waals surface area (Å²) < 4.78 is 10.9. The Bertz CT molecular complexity index is 932. The van der Waals surface area contributed by atoms with Gasteiger partial charge in [-0.2, -0.15) is 0 Å². The summed E-state index contributed by atoms with van der Waals surface area (Å²) in [5.74, 6) is 1.10. The van der Waals surface area contributed by atoms with Crippen molar-refractivity contribution in [3.63, 3.8) is 0 Å². The fourth-order valence-electron chi connectivity index (χ4n) is 5.33. The molecule has 6 nitrogen and oxygen atoms in total. The molecule has 2 aliphatic heterocycles. The molecule has 0 saturated carbocycles. The molecule has 2 aliphatic rings. The molecule has 1 saturated heterocycles. The molecule has 0 spiro atoms. The highest BCUT2D eigenvalue weighted by Gasteiger charge is 2.42. The lowest BCUT2D eigenvalue weighted by atomic mass is 9.73. The topological polar surface area (TPSA) is 74.8 Å². The number of benzene rings is 1. The fourth-order valence-corrected chi connectivity index (χ4v) is 5.33. The number of carbonyl (C=O) groups excluding carboxylic acids is 1. The number of aliphatic hydroxyl groups is 1. The Balaban J connectivity index is 1.76. The van der Waals surface area contributed by atoms with Crippen molar-refractivity contribution in [2.45, 2.75) is 32.2 Å². The molecule has 0 radical (unpaired) electrons. The fraction of sp³-hybridized carbons (Fsp3) is 0.522. The first-order chi connectivity index (χ1) is 14.1. The third-order valence-corrected chi connectivity index (χ3v) is 6.71. The molecule has 2 N–H and O–H groups in total. The van der Waals surface area contributed by atoms with Crippen LogP contribution in [0.25, 0.3) is 10.9 Å². The minimum absolute atomic E-state index is 0.0695. The second-order valence-corrected chi connectivity index (χ2v) is 8.06. The standard InChI is InChI=1S/C23H30N2O4/c1-4-14-11-25-9-8-15-22-18(6-5-7-21(22)29-3)24-23(15)19(25)10-16(14)17(13-28-2)20(27)12-26/h5-7,13-14,16,19,24,26H,4,8-12H2,1-3H3/b17-13+/t14-,16?,19?/m1/s1. The highest BCUT2D eigenvalue weighted by atomic mass is 16.5. The first-order valence-corrected chi connectivity index (χ1v) is 10.4. The van der Waals surface area contributed by atoms with Gasteiger partial charge in [0.25, 0.3) is 0 Å². The molecule has 0 bridgehead atoms. The van der Waals surface area contributed by atoms with Crippen molar-refractivity contribution in [2.24, 2.45) is 11.8 Å². The number of nitrogens with one attached hydrogen (secondary N) is 1. The molecular formula is C23H30N2O4. The van der Waals surface area contributed by atoms with Crippen LogP contribution in [0.15, 0.2) is 30.0 Å². The number of hydrogen-bond donors (Lipinski definition) is 2. The van der Waals surface area contributed by atoms with Crippen LogP contribution in [0.2, 0.25) is 0 Å². The molecule has 3 atom stereocenters. The number of methoxy groups -OCH3 is 2. The van der Waals surface area contributed by atoms with Gasteiger partial charge < -0.3 is 19.6 Å². The highest BCUT2D eigenvalue weighted by Crippen LogP contribution is 2.47. The molecule has 2 aromatic rings. The van der Waals surface area contributed by atoms with Gasteiger partial charge in [-0.1, -0.05) is 19.4 Å². The third kappa shape index (κ3) is 3.34. The van der Waals surface area contributed by atoms with Gasteiger partial charge in [0.2, 0.25) is 0 Å². The summed E-state index contributed by atoms with van der Waals surface area (Å²) in [6.07, 6.45) is 4.35. The minimum Gasteiger partial charge on any atom is -0.504 e. The molecule has 29 heavy (non-hydrogen) atoms. The summed E-state index contributed by atoms with van der Waals surface area (Å²) >= 11 is 0. The average Bonchev–Trinajstić information content (AvgIpc) is 3.15. The largest absolute Gasteiger partial charge is 0.504 e. The van der Waals surface area contributed by atoms with Crippen molar-refractivity contribution in [3.05, 3.63) is 41.3 Å². The lowest BCUT2D eigenvalue weighted by molar-refractivity contribution is -0.119. The zero-order valence-electron chi connectivity index (χ0n) is 17.4. The molecule has 3 heterocycles. The van der Waals surface area contributed by atoms with E-state index in [-0.39, 0.29) is 17.7 Å². The van der Waals surface area contributed by atoms with Gasteiger partial charge in [-0.15, -0.1) is 0 Å². The zero-order chi connectivity index (χ0) is 20.5. The van der Waals surface area contributed by atoms with Gasteiger partial charge in [0.15, 0.2) is 5.78 Å². The molecular weight excluding hydrogens is 368 g/mol. The number of ether oxygens (including phenoxy) is 2. The van der Waals surface area contributed by atoms with Crippen LogP contribution in [0.3, 0.4) is 0 Å². The zero-order valence-corrected chi connectivity index (χ0v) is 17.4. The van der Waals surface area contributed by atoms with E-state index in [1.165, 1.54) is 16.6 Å². The Morgan fingerprint density at radius 3 is 2.90 bits per heavy atom. The Labute approximate surface area is 171 Å². The highest BCUT2D eigenvalue weighted by molar-refractivity contribution is 5.96. The first kappa shape index (κ1) is 20.0. The Morgan fingerprint density at radius 1 is 1.38 bits per heavy atom. The summed E-state index contributed by atoms with van der Waals surface area (Å²) in [6.45, 7) is 3.64. The molecule has 1 aromatic carbocycles. The number of piperidine rings is 1. The van der Waals surface area contributed by atoms with E-state index in [9.17, 15) is 9.90 Å². The number of aromatic nitrogens is 1. The van der Waals surface area contributed by atoms with Gasteiger partial charge in [-0.25, -0.2) is 0 Å². The van der Waals surface area contributed by atoms with E-state index in [0.717, 1.165) is 43.6 Å². The maximum atomic E-state index is 12.5. The van der Waals surface area contributed by atoms with Crippen LogP contribution in [-0.4, -0.2) is 54.7 Å². The van der Waals surface area contributed by atoms with Crippen molar-refractivity contribution < 1.29 is 19.4 Å². The number of H-pyrrole nitrogens is 1. The van der Waals surface area contributed by atoms with Crippen LogP contribution in [-0.2, 0) is 16.0 Å². The maximum absolute atomic E-state index is 12.5. The molecule has 1 aromatic heterocycles. The second kappa shape index (κ2) is 8.20. The SMILES string of the molecule is CC[C@@H]1CN2CCc3c([nH]c4cccc(OC)c34)C2CC1/C(=C\OC)C(=O)CO. The van der Waals surface area contributed by atoms with Crippen molar-refractivity contribution in [3.8, 4) is 5.75 Å². The second-order valence-electron chi connectivity index (χ2n) is 8.06. The molecule has 156 valence electrons. The number of Topliss-reactive ketones (excluding diaryl/α,β-unsaturated/α-hetero) is 1. The van der Waals surface area contributed by atoms with Crippen molar-refractivity contribution in [1.29, 1.82) is 0 Å². The first-order valence-electron chi connectivity index (χ1n) is 10.4. The molecule has 4 rings (SSSR count). The smallest absolute Gasteiger partial charge is 0.187 e. The molecule has 6 heteroatoms. The monoisotopic (exact) mass is 398 g/mol. The molecule has 2 unspecified atom stereocenters. The maximum Gasteiger partial charge on any atom is 0.187 e. The summed E-state index contributed by atoms with van der Waals surface area (Å²) in [6, 6.07) is 6.34. The van der Waals surface area contributed by atoms with E-state index in [4.69, 9.17) is 9.47 Å². The minimum atomic E-state index is -0.481. The van der Waals surface area contributed by atoms with Gasteiger partial charge in [-0.05, 0) is 42.4 Å². The van der Waals surface area contributed by atoms with Crippen LogP contribution < -0.4 is 4.74 Å². The van der Waals surface area contributed by atoms with Crippen LogP contribution in [0.1, 0.15) is 37.1 Å². The number of nitrogens with zero attached hydrogens (tertiary/aromatic N) is 1. The number of fused-ring (bicyclic) bond motifs is 5. The van der Waals surface area contributed by atoms with Gasteiger partial charge >= 0.3 is 0 Å². The number of ketones is 1. The van der Waals surface area contributed by atoms with Gasteiger partial charge in [0, 0.05) is 35.3 Å². The van der Waals surface area contributed by atoms with E-state index in [2.05, 4.69) is 22.9 Å². The summed E-state index contributed by atoms with van der Waals surface area (Å²) in [5, 5.41) is 10.7. The van der Waals surface area contributed by atoms with E-state index in [0.29, 0.717) is 11.5 Å². The van der Waals surface area contributed by atoms with Crippen molar-refractivity contribution in [1.82, 2.24) is 9.88 Å². The lowest BCUT2D eigenvalue weighted by Gasteiger charge is -2.46. The quantitative estimate of drug-likeness (QED) is 0.577.